The van der Waals surface area contributed by atoms with Crippen LogP contribution in [0.25, 0.3) is 0 Å². The zero-order valence-electron chi connectivity index (χ0n) is 10.4. The molecule has 0 amide bonds. The van der Waals surface area contributed by atoms with Crippen molar-refractivity contribution in [2.45, 2.75) is 50.5 Å². The fourth-order valence-electron chi connectivity index (χ4n) is 2.84. The first-order chi connectivity index (χ1) is 8.63. The summed E-state index contributed by atoms with van der Waals surface area (Å²) in [6, 6.07) is 4.36. The van der Waals surface area contributed by atoms with Crippen molar-refractivity contribution in [3.05, 3.63) is 29.6 Å². The van der Waals surface area contributed by atoms with Gasteiger partial charge in [0.05, 0.1) is 12.2 Å². The second-order valence-corrected chi connectivity index (χ2v) is 5.24. The molecule has 4 unspecified atom stereocenters. The van der Waals surface area contributed by atoms with E-state index < -0.39 is 0 Å². The SMILES string of the molecule is CC1CCC(C2CC(N)c3cc(F)ccc3O2)O1. The molecule has 0 saturated carbocycles. The molecule has 2 aliphatic rings. The first-order valence-electron chi connectivity index (χ1n) is 6.50. The van der Waals surface area contributed by atoms with E-state index in [0.29, 0.717) is 18.3 Å². The molecule has 18 heavy (non-hydrogen) atoms. The molecule has 3 nitrogen and oxygen atoms in total. The highest BCUT2D eigenvalue weighted by atomic mass is 19.1. The van der Waals surface area contributed by atoms with Gasteiger partial charge in [-0.25, -0.2) is 4.39 Å². The summed E-state index contributed by atoms with van der Waals surface area (Å²) >= 11 is 0. The average Bonchev–Trinajstić information content (AvgIpc) is 2.77. The molecule has 4 atom stereocenters. The van der Waals surface area contributed by atoms with Crippen LogP contribution in [0.1, 0.15) is 37.8 Å². The Kier molecular flexibility index (Phi) is 2.99. The Morgan fingerprint density at radius 2 is 2.11 bits per heavy atom. The fourth-order valence-corrected chi connectivity index (χ4v) is 2.84. The number of fused-ring (bicyclic) bond motifs is 1. The maximum absolute atomic E-state index is 13.2. The van der Waals surface area contributed by atoms with E-state index >= 15 is 0 Å². The average molecular weight is 251 g/mol. The van der Waals surface area contributed by atoms with Crippen LogP contribution in [0.4, 0.5) is 4.39 Å². The van der Waals surface area contributed by atoms with Crippen molar-refractivity contribution in [3.8, 4) is 5.75 Å². The monoisotopic (exact) mass is 251 g/mol. The van der Waals surface area contributed by atoms with E-state index in [9.17, 15) is 4.39 Å². The smallest absolute Gasteiger partial charge is 0.127 e. The summed E-state index contributed by atoms with van der Waals surface area (Å²) < 4.78 is 24.9. The minimum Gasteiger partial charge on any atom is -0.487 e. The van der Waals surface area contributed by atoms with Crippen LogP contribution in [0.3, 0.4) is 0 Å². The summed E-state index contributed by atoms with van der Waals surface area (Å²) in [5, 5.41) is 0. The van der Waals surface area contributed by atoms with Gasteiger partial charge in [-0.1, -0.05) is 0 Å². The number of nitrogens with two attached hydrogens (primary N) is 1. The molecular weight excluding hydrogens is 233 g/mol. The first kappa shape index (κ1) is 11.9. The molecule has 1 aromatic rings. The van der Waals surface area contributed by atoms with Gasteiger partial charge in [-0.3, -0.25) is 0 Å². The van der Waals surface area contributed by atoms with Crippen molar-refractivity contribution < 1.29 is 13.9 Å². The van der Waals surface area contributed by atoms with Gasteiger partial charge in [0, 0.05) is 18.0 Å². The van der Waals surface area contributed by atoms with E-state index in [4.69, 9.17) is 15.2 Å². The zero-order valence-corrected chi connectivity index (χ0v) is 10.4. The summed E-state index contributed by atoms with van der Waals surface area (Å²) in [4.78, 5) is 0. The van der Waals surface area contributed by atoms with Crippen LogP contribution in [-0.4, -0.2) is 18.3 Å². The Balaban J connectivity index is 1.81. The lowest BCUT2D eigenvalue weighted by Crippen LogP contribution is -2.38. The maximum Gasteiger partial charge on any atom is 0.127 e. The standard InChI is InChI=1S/C14H18FNO2/c1-8-2-4-13(17-8)14-7-11(16)10-6-9(15)3-5-12(10)18-14/h3,5-6,8,11,13-14H,2,4,7,16H2,1H3. The molecule has 0 spiro atoms. The van der Waals surface area contributed by atoms with Gasteiger partial charge in [0.15, 0.2) is 0 Å². The second kappa shape index (κ2) is 4.52. The number of ether oxygens (including phenoxy) is 2. The maximum atomic E-state index is 13.2. The van der Waals surface area contributed by atoms with Crippen molar-refractivity contribution >= 4 is 0 Å². The number of benzene rings is 1. The molecule has 98 valence electrons. The van der Waals surface area contributed by atoms with Crippen molar-refractivity contribution in [2.24, 2.45) is 5.73 Å². The molecular formula is C14H18FNO2. The molecule has 0 bridgehead atoms. The van der Waals surface area contributed by atoms with Crippen LogP contribution >= 0.6 is 0 Å². The van der Waals surface area contributed by atoms with E-state index in [2.05, 4.69) is 6.92 Å². The quantitative estimate of drug-likeness (QED) is 0.834. The molecule has 1 fully saturated rings. The van der Waals surface area contributed by atoms with E-state index in [1.807, 2.05) is 0 Å². The molecule has 2 N–H and O–H groups in total. The number of halogens is 1. The summed E-state index contributed by atoms with van der Waals surface area (Å²) in [5.74, 6) is 0.431. The van der Waals surface area contributed by atoms with Crippen molar-refractivity contribution in [1.82, 2.24) is 0 Å². The fraction of sp³-hybridized carbons (Fsp3) is 0.571. The van der Waals surface area contributed by atoms with Gasteiger partial charge < -0.3 is 15.2 Å². The van der Waals surface area contributed by atoms with Crippen molar-refractivity contribution in [2.75, 3.05) is 0 Å². The van der Waals surface area contributed by atoms with E-state index in [1.54, 1.807) is 6.07 Å². The lowest BCUT2D eigenvalue weighted by molar-refractivity contribution is -0.0282. The molecule has 2 aliphatic heterocycles. The van der Waals surface area contributed by atoms with Crippen LogP contribution in [0, 0.1) is 5.82 Å². The Morgan fingerprint density at radius 3 is 2.83 bits per heavy atom. The largest absolute Gasteiger partial charge is 0.487 e. The Hall–Kier alpha value is -1.13. The second-order valence-electron chi connectivity index (χ2n) is 5.24. The van der Waals surface area contributed by atoms with E-state index in [-0.39, 0.29) is 24.1 Å². The molecule has 1 saturated heterocycles. The highest BCUT2D eigenvalue weighted by Gasteiger charge is 2.36. The van der Waals surface area contributed by atoms with Crippen LogP contribution in [0.5, 0.6) is 5.75 Å². The lowest BCUT2D eigenvalue weighted by Gasteiger charge is -2.33. The molecule has 0 aliphatic carbocycles. The van der Waals surface area contributed by atoms with Gasteiger partial charge in [0.2, 0.25) is 0 Å². The molecule has 4 heteroatoms. The normalized spacial score (nSPS) is 35.1. The summed E-state index contributed by atoms with van der Waals surface area (Å²) in [5.41, 5.74) is 6.87. The van der Waals surface area contributed by atoms with Gasteiger partial charge in [-0.05, 0) is 38.0 Å². The van der Waals surface area contributed by atoms with Crippen LogP contribution in [0.15, 0.2) is 18.2 Å². The minimum atomic E-state index is -0.267. The van der Waals surface area contributed by atoms with Gasteiger partial charge in [0.25, 0.3) is 0 Å². The molecule has 0 aromatic heterocycles. The summed E-state index contributed by atoms with van der Waals surface area (Å²) in [7, 11) is 0. The first-order valence-corrected chi connectivity index (χ1v) is 6.50. The van der Waals surface area contributed by atoms with Crippen LogP contribution in [-0.2, 0) is 4.74 Å². The third kappa shape index (κ3) is 2.10. The molecule has 0 radical (unpaired) electrons. The summed E-state index contributed by atoms with van der Waals surface area (Å²) in [6.07, 6.45) is 3.16. The van der Waals surface area contributed by atoms with Gasteiger partial charge in [-0.15, -0.1) is 0 Å². The third-order valence-corrected chi connectivity index (χ3v) is 3.82. The minimum absolute atomic E-state index is 0.0112. The van der Waals surface area contributed by atoms with Gasteiger partial charge >= 0.3 is 0 Å². The Labute approximate surface area is 106 Å². The molecule has 2 heterocycles. The van der Waals surface area contributed by atoms with Gasteiger partial charge in [-0.2, -0.15) is 0 Å². The van der Waals surface area contributed by atoms with Gasteiger partial charge in [0.1, 0.15) is 17.7 Å². The van der Waals surface area contributed by atoms with Crippen LogP contribution < -0.4 is 10.5 Å². The number of hydrogen-bond donors (Lipinski definition) is 1. The van der Waals surface area contributed by atoms with E-state index in [1.165, 1.54) is 12.1 Å². The third-order valence-electron chi connectivity index (χ3n) is 3.82. The predicted molar refractivity (Wildman–Crippen MR) is 65.9 cm³/mol. The van der Waals surface area contributed by atoms with E-state index in [0.717, 1.165) is 18.4 Å². The number of hydrogen-bond acceptors (Lipinski definition) is 3. The lowest BCUT2D eigenvalue weighted by atomic mass is 9.94. The zero-order chi connectivity index (χ0) is 12.7. The molecule has 1 aromatic carbocycles. The molecule has 3 rings (SSSR count). The highest BCUT2D eigenvalue weighted by molar-refractivity contribution is 5.38. The van der Waals surface area contributed by atoms with Crippen LogP contribution in [0.2, 0.25) is 0 Å². The van der Waals surface area contributed by atoms with Crippen molar-refractivity contribution in [1.29, 1.82) is 0 Å². The summed E-state index contributed by atoms with van der Waals surface area (Å²) in [6.45, 7) is 2.08. The number of rotatable bonds is 1. The topological polar surface area (TPSA) is 44.5 Å². The predicted octanol–water partition coefficient (Wildman–Crippen LogP) is 2.54. The van der Waals surface area contributed by atoms with Crippen molar-refractivity contribution in [3.63, 3.8) is 0 Å². The Bertz CT molecular complexity index is 451. The highest BCUT2D eigenvalue weighted by Crippen LogP contribution is 2.37. The Morgan fingerprint density at radius 1 is 1.28 bits per heavy atom.